The van der Waals surface area contributed by atoms with Crippen molar-refractivity contribution in [1.29, 1.82) is 0 Å². The number of nitrogens with one attached hydrogen (secondary N) is 1. The van der Waals surface area contributed by atoms with E-state index in [0.29, 0.717) is 24.4 Å². The molecule has 22 heavy (non-hydrogen) atoms. The Kier molecular flexibility index (Phi) is 7.11. The zero-order chi connectivity index (χ0) is 16.7. The van der Waals surface area contributed by atoms with Gasteiger partial charge in [0.25, 0.3) is 5.56 Å². The summed E-state index contributed by atoms with van der Waals surface area (Å²) in [6.07, 6.45) is 2.98. The lowest BCUT2D eigenvalue weighted by Gasteiger charge is -2.17. The highest BCUT2D eigenvalue weighted by atomic mass is 35.5. The van der Waals surface area contributed by atoms with Gasteiger partial charge in [-0.1, -0.05) is 25.4 Å². The van der Waals surface area contributed by atoms with E-state index in [-0.39, 0.29) is 23.8 Å². The van der Waals surface area contributed by atoms with E-state index in [2.05, 4.69) is 5.32 Å². The summed E-state index contributed by atoms with van der Waals surface area (Å²) in [6, 6.07) is 2.06. The third-order valence-corrected chi connectivity index (χ3v) is 3.47. The molecule has 0 radical (unpaired) electrons. The van der Waals surface area contributed by atoms with Crippen molar-refractivity contribution in [3.05, 3.63) is 33.7 Å². The summed E-state index contributed by atoms with van der Waals surface area (Å²) < 4.78 is 1.49. The number of pyridine rings is 1. The van der Waals surface area contributed by atoms with E-state index in [0.717, 1.165) is 0 Å². The van der Waals surface area contributed by atoms with E-state index in [1.807, 2.05) is 0 Å². The van der Waals surface area contributed by atoms with Gasteiger partial charge in [0.1, 0.15) is 6.04 Å². The van der Waals surface area contributed by atoms with Gasteiger partial charge in [0.15, 0.2) is 0 Å². The van der Waals surface area contributed by atoms with E-state index in [1.165, 1.54) is 16.7 Å². The Labute approximate surface area is 134 Å². The summed E-state index contributed by atoms with van der Waals surface area (Å²) in [7, 11) is 0. The molecular formula is C15H21ClN2O4. The van der Waals surface area contributed by atoms with E-state index < -0.39 is 12.0 Å². The first-order valence-electron chi connectivity index (χ1n) is 7.19. The smallest absolute Gasteiger partial charge is 0.326 e. The first-order valence-corrected chi connectivity index (χ1v) is 7.57. The maximum Gasteiger partial charge on any atom is 0.326 e. The van der Waals surface area contributed by atoms with Crippen molar-refractivity contribution in [3.63, 3.8) is 0 Å². The molecule has 1 unspecified atom stereocenters. The van der Waals surface area contributed by atoms with Crippen LogP contribution in [0.4, 0.5) is 0 Å². The fraction of sp³-hybridized carbons (Fsp3) is 0.533. The Morgan fingerprint density at radius 3 is 2.59 bits per heavy atom. The second kappa shape index (κ2) is 8.58. The van der Waals surface area contributed by atoms with Gasteiger partial charge in [-0.05, 0) is 24.8 Å². The third kappa shape index (κ3) is 5.89. The van der Waals surface area contributed by atoms with Crippen LogP contribution >= 0.6 is 11.6 Å². The van der Waals surface area contributed by atoms with Crippen LogP contribution in [0.2, 0.25) is 5.02 Å². The minimum atomic E-state index is -1.03. The highest BCUT2D eigenvalue weighted by Gasteiger charge is 2.22. The number of carbonyl (C=O) groups excluding carboxylic acids is 1. The molecule has 0 saturated heterocycles. The predicted octanol–water partition coefficient (Wildman–Crippen LogP) is 1.90. The molecule has 1 atom stereocenters. The Balaban J connectivity index is 2.38. The van der Waals surface area contributed by atoms with Crippen molar-refractivity contribution in [3.8, 4) is 0 Å². The van der Waals surface area contributed by atoms with Crippen molar-refractivity contribution >= 4 is 23.5 Å². The first-order chi connectivity index (χ1) is 10.3. The normalized spacial score (nSPS) is 12.2. The zero-order valence-electron chi connectivity index (χ0n) is 12.7. The summed E-state index contributed by atoms with van der Waals surface area (Å²) in [6.45, 7) is 3.95. The number of aryl methyl sites for hydroxylation is 1. The Bertz CT molecular complexity index is 583. The van der Waals surface area contributed by atoms with Crippen molar-refractivity contribution in [1.82, 2.24) is 9.88 Å². The average Bonchev–Trinajstić information content (AvgIpc) is 2.43. The minimum absolute atomic E-state index is 0.139. The monoisotopic (exact) mass is 328 g/mol. The molecule has 1 aromatic heterocycles. The van der Waals surface area contributed by atoms with Gasteiger partial charge in [0, 0.05) is 25.2 Å². The van der Waals surface area contributed by atoms with Crippen molar-refractivity contribution in [2.45, 2.75) is 45.7 Å². The summed E-state index contributed by atoms with van der Waals surface area (Å²) >= 11 is 5.82. The first kappa shape index (κ1) is 18.2. The molecule has 1 aromatic rings. The number of hydrogen-bond acceptors (Lipinski definition) is 3. The molecule has 0 aliphatic carbocycles. The van der Waals surface area contributed by atoms with Gasteiger partial charge in [0.2, 0.25) is 5.91 Å². The van der Waals surface area contributed by atoms with Crippen LogP contribution in [0.1, 0.15) is 33.1 Å². The number of carboxylic acids is 1. The fourth-order valence-electron chi connectivity index (χ4n) is 2.00. The number of amides is 1. The molecule has 6 nitrogen and oxygen atoms in total. The van der Waals surface area contributed by atoms with E-state index in [4.69, 9.17) is 16.7 Å². The third-order valence-electron chi connectivity index (χ3n) is 3.25. The molecule has 0 bridgehead atoms. The number of aliphatic carboxylic acids is 1. The van der Waals surface area contributed by atoms with Gasteiger partial charge in [-0.2, -0.15) is 0 Å². The van der Waals surface area contributed by atoms with E-state index in [1.54, 1.807) is 20.0 Å². The Hall–Kier alpha value is -1.82. The predicted molar refractivity (Wildman–Crippen MR) is 84.0 cm³/mol. The minimum Gasteiger partial charge on any atom is -0.480 e. The van der Waals surface area contributed by atoms with Gasteiger partial charge in [-0.3, -0.25) is 9.59 Å². The molecular weight excluding hydrogens is 308 g/mol. The van der Waals surface area contributed by atoms with Gasteiger partial charge in [-0.15, -0.1) is 0 Å². The van der Waals surface area contributed by atoms with Crippen LogP contribution in [0, 0.1) is 5.92 Å². The number of carbonyl (C=O) groups is 2. The van der Waals surface area contributed by atoms with Crippen molar-refractivity contribution < 1.29 is 14.7 Å². The second-order valence-corrected chi connectivity index (χ2v) is 5.90. The second-order valence-electron chi connectivity index (χ2n) is 5.46. The van der Waals surface area contributed by atoms with Gasteiger partial charge in [0.05, 0.1) is 5.02 Å². The maximum atomic E-state index is 11.7. The van der Waals surface area contributed by atoms with Crippen LogP contribution in [0.25, 0.3) is 0 Å². The summed E-state index contributed by atoms with van der Waals surface area (Å²) in [5.41, 5.74) is -0.139. The van der Waals surface area contributed by atoms with E-state index >= 15 is 0 Å². The van der Waals surface area contributed by atoms with Crippen molar-refractivity contribution in [2.75, 3.05) is 0 Å². The van der Waals surface area contributed by atoms with Crippen LogP contribution in [0.5, 0.6) is 0 Å². The largest absolute Gasteiger partial charge is 0.480 e. The Morgan fingerprint density at radius 2 is 2.00 bits per heavy atom. The van der Waals surface area contributed by atoms with Gasteiger partial charge >= 0.3 is 5.97 Å². The van der Waals surface area contributed by atoms with E-state index in [9.17, 15) is 14.4 Å². The van der Waals surface area contributed by atoms with Gasteiger partial charge in [-0.25, -0.2) is 4.79 Å². The molecule has 1 heterocycles. The molecule has 1 rings (SSSR count). The molecule has 0 fully saturated rings. The molecule has 0 aliphatic heterocycles. The highest BCUT2D eigenvalue weighted by molar-refractivity contribution is 6.30. The highest BCUT2D eigenvalue weighted by Crippen LogP contribution is 2.06. The lowest BCUT2D eigenvalue weighted by Crippen LogP contribution is -2.44. The lowest BCUT2D eigenvalue weighted by atomic mass is 10.0. The standard InChI is InChI=1S/C15H21ClN2O4/c1-10(2)14(15(21)22)17-12(19)5-3-4-8-18-9-11(16)6-7-13(18)20/h6-7,9-10,14H,3-5,8H2,1-2H3,(H,17,19)(H,21,22). The molecule has 0 spiro atoms. The number of hydrogen-bond donors (Lipinski definition) is 2. The average molecular weight is 329 g/mol. The summed E-state index contributed by atoms with van der Waals surface area (Å²) in [5.74, 6) is -1.50. The molecule has 122 valence electrons. The number of unbranched alkanes of at least 4 members (excludes halogenated alkanes) is 1. The topological polar surface area (TPSA) is 88.4 Å². The summed E-state index contributed by atoms with van der Waals surface area (Å²) in [5, 5.41) is 12.0. The van der Waals surface area contributed by atoms with Crippen LogP contribution < -0.4 is 10.9 Å². The molecule has 0 aromatic carbocycles. The SMILES string of the molecule is CC(C)C(NC(=O)CCCCn1cc(Cl)ccc1=O)C(=O)O. The van der Waals surface area contributed by atoms with Crippen LogP contribution in [0.15, 0.2) is 23.1 Å². The lowest BCUT2D eigenvalue weighted by molar-refractivity contribution is -0.143. The molecule has 2 N–H and O–H groups in total. The molecule has 0 saturated carbocycles. The number of nitrogens with zero attached hydrogens (tertiary/aromatic N) is 1. The number of rotatable bonds is 8. The number of aromatic nitrogens is 1. The van der Waals surface area contributed by atoms with Crippen LogP contribution in [-0.2, 0) is 16.1 Å². The summed E-state index contributed by atoms with van der Waals surface area (Å²) in [4.78, 5) is 34.3. The molecule has 0 aliphatic rings. The fourth-order valence-corrected chi connectivity index (χ4v) is 2.18. The molecule has 1 amide bonds. The maximum absolute atomic E-state index is 11.7. The quantitative estimate of drug-likeness (QED) is 0.713. The zero-order valence-corrected chi connectivity index (χ0v) is 13.5. The van der Waals surface area contributed by atoms with Crippen LogP contribution in [0.3, 0.4) is 0 Å². The Morgan fingerprint density at radius 1 is 1.32 bits per heavy atom. The van der Waals surface area contributed by atoms with Crippen LogP contribution in [-0.4, -0.2) is 27.6 Å². The molecule has 7 heteroatoms. The number of carboxylic acid groups (broad SMARTS) is 1. The van der Waals surface area contributed by atoms with Crippen molar-refractivity contribution in [2.24, 2.45) is 5.92 Å². The van der Waals surface area contributed by atoms with Gasteiger partial charge < -0.3 is 15.0 Å². The number of halogens is 1.